The molecule has 0 fully saturated rings. The van der Waals surface area contributed by atoms with Crippen molar-refractivity contribution in [1.82, 2.24) is 0 Å². The van der Waals surface area contributed by atoms with Crippen LogP contribution in [-0.2, 0) is 0 Å². The molecule has 0 aliphatic heterocycles. The second kappa shape index (κ2) is 6.04. The fraction of sp³-hybridized carbons (Fsp3) is 0.133. The van der Waals surface area contributed by atoms with E-state index in [-0.39, 0.29) is 0 Å². The molecule has 2 aromatic carbocycles. The maximum atomic E-state index is 11.3. The van der Waals surface area contributed by atoms with Crippen LogP contribution in [0, 0.1) is 0 Å². The Labute approximate surface area is 122 Å². The van der Waals surface area contributed by atoms with Gasteiger partial charge in [-0.25, -0.2) is 0 Å². The summed E-state index contributed by atoms with van der Waals surface area (Å²) in [7, 11) is 3.02. The summed E-state index contributed by atoms with van der Waals surface area (Å²) in [4.78, 5) is 11.3. The Balaban J connectivity index is 2.34. The molecule has 0 aliphatic rings. The first-order valence-corrected chi connectivity index (χ1v) is 6.13. The molecule has 0 heterocycles. The van der Waals surface area contributed by atoms with Gasteiger partial charge in [-0.05, 0) is 24.3 Å². The second-order valence-corrected chi connectivity index (χ2v) is 4.27. The fourth-order valence-electron chi connectivity index (χ4n) is 1.78. The molecule has 0 saturated carbocycles. The number of carbonyl (C=O) groups is 1. The molecule has 2 aromatic rings. The van der Waals surface area contributed by atoms with Crippen LogP contribution < -0.4 is 25.7 Å². The van der Waals surface area contributed by atoms with E-state index >= 15 is 0 Å². The number of hydrogen-bond acceptors (Lipinski definition) is 5. The summed E-state index contributed by atoms with van der Waals surface area (Å²) in [6, 6.07) is 9.74. The summed E-state index contributed by atoms with van der Waals surface area (Å²) in [5.74, 6) is 1.36. The molecule has 0 spiro atoms. The Morgan fingerprint density at radius 3 is 2.29 bits per heavy atom. The highest BCUT2D eigenvalue weighted by atomic mass is 16.5. The maximum Gasteiger partial charge on any atom is 0.248 e. The Kier molecular flexibility index (Phi) is 4.18. The first-order valence-electron chi connectivity index (χ1n) is 6.13. The number of amides is 1. The van der Waals surface area contributed by atoms with E-state index in [2.05, 4.69) is 0 Å². The van der Waals surface area contributed by atoms with Gasteiger partial charge in [-0.2, -0.15) is 0 Å². The van der Waals surface area contributed by atoms with Crippen LogP contribution in [0.2, 0.25) is 0 Å². The van der Waals surface area contributed by atoms with E-state index < -0.39 is 5.91 Å². The lowest BCUT2D eigenvalue weighted by Gasteiger charge is -2.11. The van der Waals surface area contributed by atoms with Crippen molar-refractivity contribution >= 4 is 11.6 Å². The summed E-state index contributed by atoms with van der Waals surface area (Å²) in [6.07, 6.45) is 0. The first-order chi connectivity index (χ1) is 10.0. The molecule has 4 N–H and O–H groups in total. The third-order valence-corrected chi connectivity index (χ3v) is 2.84. The second-order valence-electron chi connectivity index (χ2n) is 4.27. The predicted octanol–water partition coefficient (Wildman–Crippen LogP) is 2.18. The Morgan fingerprint density at radius 2 is 1.67 bits per heavy atom. The number of anilines is 1. The van der Waals surface area contributed by atoms with Gasteiger partial charge in [-0.15, -0.1) is 0 Å². The van der Waals surface area contributed by atoms with Gasteiger partial charge in [-0.1, -0.05) is 0 Å². The first kappa shape index (κ1) is 14.5. The SMILES string of the molecule is COc1cc(Oc2ccc(N)c(OC)c2)cc(C(N)=O)c1. The summed E-state index contributed by atoms with van der Waals surface area (Å²) in [6.45, 7) is 0. The topological polar surface area (TPSA) is 96.8 Å². The number of benzene rings is 2. The van der Waals surface area contributed by atoms with E-state index in [1.807, 2.05) is 0 Å². The van der Waals surface area contributed by atoms with Crippen molar-refractivity contribution in [2.75, 3.05) is 20.0 Å². The van der Waals surface area contributed by atoms with Crippen molar-refractivity contribution in [3.05, 3.63) is 42.0 Å². The zero-order valence-electron chi connectivity index (χ0n) is 11.8. The Bertz CT molecular complexity index is 671. The minimum atomic E-state index is -0.561. The quantitative estimate of drug-likeness (QED) is 0.822. The maximum absolute atomic E-state index is 11.3. The Hall–Kier alpha value is -2.89. The van der Waals surface area contributed by atoms with Gasteiger partial charge >= 0.3 is 0 Å². The molecule has 0 saturated heterocycles. The van der Waals surface area contributed by atoms with Gasteiger partial charge in [0.15, 0.2) is 0 Å². The van der Waals surface area contributed by atoms with Gasteiger partial charge in [0.1, 0.15) is 23.0 Å². The highest BCUT2D eigenvalue weighted by Crippen LogP contribution is 2.31. The van der Waals surface area contributed by atoms with E-state index in [0.717, 1.165) is 0 Å². The standard InChI is InChI=1S/C15H16N2O4/c1-19-11-5-9(15(17)18)6-12(7-11)21-10-3-4-13(16)14(8-10)20-2/h3-8H,16H2,1-2H3,(H2,17,18). The van der Waals surface area contributed by atoms with Gasteiger partial charge in [0.2, 0.25) is 5.91 Å². The number of hydrogen-bond donors (Lipinski definition) is 2. The summed E-state index contributed by atoms with van der Waals surface area (Å²) in [5, 5.41) is 0. The van der Waals surface area contributed by atoms with Crippen molar-refractivity contribution in [1.29, 1.82) is 0 Å². The number of nitrogens with two attached hydrogens (primary N) is 2. The molecular weight excluding hydrogens is 272 g/mol. The van der Waals surface area contributed by atoms with Gasteiger partial charge < -0.3 is 25.7 Å². The molecule has 21 heavy (non-hydrogen) atoms. The minimum absolute atomic E-state index is 0.298. The minimum Gasteiger partial charge on any atom is -0.497 e. The normalized spacial score (nSPS) is 10.0. The average molecular weight is 288 g/mol. The van der Waals surface area contributed by atoms with E-state index in [9.17, 15) is 4.79 Å². The van der Waals surface area contributed by atoms with Crippen LogP contribution in [0.25, 0.3) is 0 Å². The molecule has 0 bridgehead atoms. The molecule has 6 heteroatoms. The molecule has 0 aromatic heterocycles. The van der Waals surface area contributed by atoms with Crippen molar-refractivity contribution in [2.45, 2.75) is 0 Å². The van der Waals surface area contributed by atoms with Crippen molar-refractivity contribution in [3.8, 4) is 23.0 Å². The van der Waals surface area contributed by atoms with Crippen LogP contribution in [0.5, 0.6) is 23.0 Å². The lowest BCUT2D eigenvalue weighted by Crippen LogP contribution is -2.11. The predicted molar refractivity (Wildman–Crippen MR) is 79.0 cm³/mol. The van der Waals surface area contributed by atoms with E-state index in [1.54, 1.807) is 30.3 Å². The van der Waals surface area contributed by atoms with Crippen LogP contribution in [0.4, 0.5) is 5.69 Å². The summed E-state index contributed by atoms with van der Waals surface area (Å²) in [5.41, 5.74) is 11.8. The molecule has 0 aliphatic carbocycles. The molecule has 0 atom stereocenters. The number of carbonyl (C=O) groups excluding carboxylic acids is 1. The molecule has 110 valence electrons. The lowest BCUT2D eigenvalue weighted by atomic mass is 10.2. The van der Waals surface area contributed by atoms with Crippen molar-refractivity contribution in [2.24, 2.45) is 5.73 Å². The van der Waals surface area contributed by atoms with Gasteiger partial charge in [0.05, 0.1) is 19.9 Å². The molecule has 0 radical (unpaired) electrons. The van der Waals surface area contributed by atoms with E-state index in [0.29, 0.717) is 34.2 Å². The molecule has 0 unspecified atom stereocenters. The van der Waals surface area contributed by atoms with Crippen LogP contribution in [0.1, 0.15) is 10.4 Å². The summed E-state index contributed by atoms with van der Waals surface area (Å²) < 4.78 is 15.9. The molecule has 1 amide bonds. The Morgan fingerprint density at radius 1 is 0.952 bits per heavy atom. The average Bonchev–Trinajstić information content (AvgIpc) is 2.48. The largest absolute Gasteiger partial charge is 0.497 e. The zero-order chi connectivity index (χ0) is 15.4. The number of rotatable bonds is 5. The molecule has 2 rings (SSSR count). The fourth-order valence-corrected chi connectivity index (χ4v) is 1.78. The molecular formula is C15H16N2O4. The van der Waals surface area contributed by atoms with Crippen LogP contribution in [-0.4, -0.2) is 20.1 Å². The zero-order valence-corrected chi connectivity index (χ0v) is 11.8. The van der Waals surface area contributed by atoms with Gasteiger partial charge in [-0.3, -0.25) is 4.79 Å². The number of nitrogen functional groups attached to an aromatic ring is 1. The molecule has 6 nitrogen and oxygen atoms in total. The van der Waals surface area contributed by atoms with Crippen LogP contribution in [0.3, 0.4) is 0 Å². The van der Waals surface area contributed by atoms with E-state index in [4.69, 9.17) is 25.7 Å². The monoisotopic (exact) mass is 288 g/mol. The highest BCUT2D eigenvalue weighted by Gasteiger charge is 2.09. The van der Waals surface area contributed by atoms with Crippen molar-refractivity contribution < 1.29 is 19.0 Å². The van der Waals surface area contributed by atoms with Crippen LogP contribution in [0.15, 0.2) is 36.4 Å². The summed E-state index contributed by atoms with van der Waals surface area (Å²) >= 11 is 0. The third kappa shape index (κ3) is 3.36. The van der Waals surface area contributed by atoms with Gasteiger partial charge in [0, 0.05) is 17.7 Å². The van der Waals surface area contributed by atoms with E-state index in [1.165, 1.54) is 20.3 Å². The number of primary amides is 1. The van der Waals surface area contributed by atoms with Gasteiger partial charge in [0.25, 0.3) is 0 Å². The highest BCUT2D eigenvalue weighted by molar-refractivity contribution is 5.93. The number of methoxy groups -OCH3 is 2. The lowest BCUT2D eigenvalue weighted by molar-refractivity contribution is 0.0999. The smallest absolute Gasteiger partial charge is 0.248 e. The van der Waals surface area contributed by atoms with Crippen molar-refractivity contribution in [3.63, 3.8) is 0 Å². The third-order valence-electron chi connectivity index (χ3n) is 2.84. The number of ether oxygens (including phenoxy) is 3. The van der Waals surface area contributed by atoms with Crippen LogP contribution >= 0.6 is 0 Å².